The first-order valence-corrected chi connectivity index (χ1v) is 6.63. The Bertz CT molecular complexity index is 672. The predicted molar refractivity (Wildman–Crippen MR) is 72.8 cm³/mol. The van der Waals surface area contributed by atoms with Crippen LogP contribution in [0.2, 0.25) is 5.02 Å². The van der Waals surface area contributed by atoms with Gasteiger partial charge in [0.05, 0.1) is 10.8 Å². The molecule has 0 spiro atoms. The lowest BCUT2D eigenvalue weighted by Gasteiger charge is -2.03. The fraction of sp³-hybridized carbons (Fsp3) is 0.0833. The second kappa shape index (κ2) is 5.90. The van der Waals surface area contributed by atoms with Gasteiger partial charge >= 0.3 is 5.97 Å². The fourth-order valence-corrected chi connectivity index (χ4v) is 2.48. The number of hydrogen-bond donors (Lipinski definition) is 2. The van der Waals surface area contributed by atoms with Crippen molar-refractivity contribution in [1.29, 1.82) is 0 Å². The number of aromatic carboxylic acids is 1. The average Bonchev–Trinajstić information content (AvgIpc) is 2.37. The molecule has 2 rings (SSSR count). The molecule has 0 aliphatic heterocycles. The number of rotatable bonds is 4. The van der Waals surface area contributed by atoms with Crippen molar-refractivity contribution in [3.05, 3.63) is 57.2 Å². The van der Waals surface area contributed by atoms with Crippen molar-refractivity contribution in [3.8, 4) is 0 Å². The van der Waals surface area contributed by atoms with E-state index < -0.39 is 11.5 Å². The second-order valence-corrected chi connectivity index (χ2v) is 5.02. The summed E-state index contributed by atoms with van der Waals surface area (Å²) < 4.78 is 0. The lowest BCUT2D eigenvalue weighted by atomic mass is 10.3. The Kier molecular flexibility index (Phi) is 4.24. The van der Waals surface area contributed by atoms with Crippen molar-refractivity contribution < 1.29 is 9.90 Å². The Labute approximate surface area is 117 Å². The van der Waals surface area contributed by atoms with Crippen LogP contribution in [0.5, 0.6) is 0 Å². The van der Waals surface area contributed by atoms with Crippen molar-refractivity contribution >= 4 is 29.3 Å². The van der Waals surface area contributed by atoms with Gasteiger partial charge in [-0.3, -0.25) is 4.79 Å². The van der Waals surface area contributed by atoms with Gasteiger partial charge in [0.25, 0.3) is 5.56 Å². The van der Waals surface area contributed by atoms with Gasteiger partial charge in [-0.1, -0.05) is 23.7 Å². The number of aromatic amines is 1. The van der Waals surface area contributed by atoms with E-state index in [4.69, 9.17) is 16.7 Å². The van der Waals surface area contributed by atoms with E-state index >= 15 is 0 Å². The molecule has 5 nitrogen and oxygen atoms in total. The Morgan fingerprint density at radius 3 is 2.79 bits per heavy atom. The van der Waals surface area contributed by atoms with E-state index in [2.05, 4.69) is 9.97 Å². The topological polar surface area (TPSA) is 83.0 Å². The van der Waals surface area contributed by atoms with Crippen LogP contribution in [0.3, 0.4) is 0 Å². The standard InChI is InChI=1S/C12H9ClN2O3S/c13-8-3-1-2-4-9(8)19-6-10-14-5-7(12(17)18)11(16)15-10/h1-5H,6H2,(H,17,18)(H,14,15,16). The summed E-state index contributed by atoms with van der Waals surface area (Å²) >= 11 is 7.41. The highest BCUT2D eigenvalue weighted by atomic mass is 35.5. The maximum absolute atomic E-state index is 11.4. The fourth-order valence-electron chi connectivity index (χ4n) is 1.37. The molecule has 1 aromatic carbocycles. The summed E-state index contributed by atoms with van der Waals surface area (Å²) in [4.78, 5) is 29.3. The summed E-state index contributed by atoms with van der Waals surface area (Å²) in [5, 5.41) is 9.34. The summed E-state index contributed by atoms with van der Waals surface area (Å²) in [5.41, 5.74) is -1.02. The van der Waals surface area contributed by atoms with E-state index in [1.807, 2.05) is 18.2 Å². The normalized spacial score (nSPS) is 10.4. The molecule has 98 valence electrons. The summed E-state index contributed by atoms with van der Waals surface area (Å²) in [7, 11) is 0. The number of benzene rings is 1. The van der Waals surface area contributed by atoms with Gasteiger partial charge in [0.1, 0.15) is 11.4 Å². The van der Waals surface area contributed by atoms with E-state index in [9.17, 15) is 9.59 Å². The molecule has 0 saturated carbocycles. The van der Waals surface area contributed by atoms with Crippen LogP contribution in [0.1, 0.15) is 16.2 Å². The Morgan fingerprint density at radius 2 is 2.16 bits per heavy atom. The van der Waals surface area contributed by atoms with Crippen LogP contribution in [-0.2, 0) is 5.75 Å². The van der Waals surface area contributed by atoms with Crippen LogP contribution >= 0.6 is 23.4 Å². The molecule has 0 atom stereocenters. The highest BCUT2D eigenvalue weighted by Crippen LogP contribution is 2.28. The number of halogens is 1. The predicted octanol–water partition coefficient (Wildman–Crippen LogP) is 2.41. The third-order valence-corrected chi connectivity index (χ3v) is 3.81. The van der Waals surface area contributed by atoms with Gasteiger partial charge in [-0.2, -0.15) is 0 Å². The van der Waals surface area contributed by atoms with Gasteiger partial charge in [-0.05, 0) is 12.1 Å². The van der Waals surface area contributed by atoms with Gasteiger partial charge in [0.2, 0.25) is 0 Å². The van der Waals surface area contributed by atoms with Gasteiger partial charge in [-0.15, -0.1) is 11.8 Å². The Hall–Kier alpha value is -1.79. The molecule has 2 N–H and O–H groups in total. The number of aromatic nitrogens is 2. The number of nitrogens with one attached hydrogen (secondary N) is 1. The summed E-state index contributed by atoms with van der Waals surface area (Å²) in [6.07, 6.45) is 1.06. The first kappa shape index (κ1) is 13.6. The number of carbonyl (C=O) groups is 1. The first-order valence-electron chi connectivity index (χ1n) is 5.27. The number of thioether (sulfide) groups is 1. The highest BCUT2D eigenvalue weighted by molar-refractivity contribution is 7.98. The number of hydrogen-bond acceptors (Lipinski definition) is 4. The number of carboxylic acids is 1. The van der Waals surface area contributed by atoms with Gasteiger partial charge in [-0.25, -0.2) is 9.78 Å². The minimum atomic E-state index is -1.29. The monoisotopic (exact) mass is 296 g/mol. The van der Waals surface area contributed by atoms with Crippen molar-refractivity contribution in [3.63, 3.8) is 0 Å². The lowest BCUT2D eigenvalue weighted by Crippen LogP contribution is -2.19. The first-order chi connectivity index (χ1) is 9.08. The molecular weight excluding hydrogens is 288 g/mol. The molecule has 0 bridgehead atoms. The molecule has 1 heterocycles. The van der Waals surface area contributed by atoms with Gasteiger partial charge < -0.3 is 10.1 Å². The van der Waals surface area contributed by atoms with Crippen LogP contribution in [0.4, 0.5) is 0 Å². The largest absolute Gasteiger partial charge is 0.477 e. The SMILES string of the molecule is O=C(O)c1cnc(CSc2ccccc2Cl)[nH]c1=O. The maximum Gasteiger partial charge on any atom is 0.342 e. The van der Waals surface area contributed by atoms with E-state index in [1.54, 1.807) is 6.07 Å². The third-order valence-electron chi connectivity index (χ3n) is 2.28. The smallest absolute Gasteiger partial charge is 0.342 e. The molecule has 0 unspecified atom stereocenters. The minimum Gasteiger partial charge on any atom is -0.477 e. The van der Waals surface area contributed by atoms with E-state index in [1.165, 1.54) is 11.8 Å². The molecule has 0 saturated heterocycles. The van der Waals surface area contributed by atoms with Crippen molar-refractivity contribution in [2.45, 2.75) is 10.6 Å². The Morgan fingerprint density at radius 1 is 1.42 bits per heavy atom. The zero-order valence-corrected chi connectivity index (χ0v) is 11.2. The van der Waals surface area contributed by atoms with E-state index in [0.29, 0.717) is 16.6 Å². The molecule has 0 radical (unpaired) electrons. The van der Waals surface area contributed by atoms with Crippen LogP contribution < -0.4 is 5.56 Å². The molecular formula is C12H9ClN2O3S. The van der Waals surface area contributed by atoms with Crippen molar-refractivity contribution in [2.75, 3.05) is 0 Å². The Balaban J connectivity index is 2.13. The molecule has 0 fully saturated rings. The molecule has 0 aliphatic carbocycles. The molecule has 2 aromatic rings. The molecule has 1 aromatic heterocycles. The zero-order valence-electron chi connectivity index (χ0n) is 9.59. The van der Waals surface area contributed by atoms with Crippen molar-refractivity contribution in [2.24, 2.45) is 0 Å². The maximum atomic E-state index is 11.4. The lowest BCUT2D eigenvalue weighted by molar-refractivity contribution is 0.0694. The second-order valence-electron chi connectivity index (χ2n) is 3.60. The van der Waals surface area contributed by atoms with Crippen LogP contribution in [0, 0.1) is 0 Å². The van der Waals surface area contributed by atoms with Crippen LogP contribution in [0.25, 0.3) is 0 Å². The number of H-pyrrole nitrogens is 1. The summed E-state index contributed by atoms with van der Waals surface area (Å²) in [5.74, 6) is -0.488. The molecule has 0 aliphatic rings. The molecule has 7 heteroatoms. The van der Waals surface area contributed by atoms with E-state index in [0.717, 1.165) is 11.1 Å². The third kappa shape index (κ3) is 3.36. The molecule has 19 heavy (non-hydrogen) atoms. The highest BCUT2D eigenvalue weighted by Gasteiger charge is 2.10. The minimum absolute atomic E-state index is 0.369. The van der Waals surface area contributed by atoms with Crippen LogP contribution in [-0.4, -0.2) is 21.0 Å². The van der Waals surface area contributed by atoms with Gasteiger partial charge in [0.15, 0.2) is 0 Å². The number of carboxylic acid groups (broad SMARTS) is 1. The summed E-state index contributed by atoms with van der Waals surface area (Å²) in [6.45, 7) is 0. The average molecular weight is 297 g/mol. The zero-order chi connectivity index (χ0) is 13.8. The van der Waals surface area contributed by atoms with E-state index in [-0.39, 0.29) is 5.56 Å². The number of nitrogens with zero attached hydrogens (tertiary/aromatic N) is 1. The quantitative estimate of drug-likeness (QED) is 0.847. The molecule has 0 amide bonds. The van der Waals surface area contributed by atoms with Crippen LogP contribution in [0.15, 0.2) is 40.2 Å². The van der Waals surface area contributed by atoms with Gasteiger partial charge in [0, 0.05) is 11.1 Å². The van der Waals surface area contributed by atoms with Crippen molar-refractivity contribution in [1.82, 2.24) is 9.97 Å². The summed E-state index contributed by atoms with van der Waals surface area (Å²) in [6, 6.07) is 7.32.